The third-order valence-electron chi connectivity index (χ3n) is 4.62. The number of hydrogen-bond donors (Lipinski definition) is 1. The van der Waals surface area contributed by atoms with Gasteiger partial charge in [0.05, 0.1) is 28.4 Å². The van der Waals surface area contributed by atoms with E-state index < -0.39 is 28.0 Å². The van der Waals surface area contributed by atoms with E-state index >= 15 is 0 Å². The van der Waals surface area contributed by atoms with Gasteiger partial charge in [0.15, 0.2) is 6.10 Å². The first kappa shape index (κ1) is 22.9. The van der Waals surface area contributed by atoms with Crippen molar-refractivity contribution in [3.8, 4) is 0 Å². The summed E-state index contributed by atoms with van der Waals surface area (Å²) in [6, 6.07) is 7.06. The van der Waals surface area contributed by atoms with Crippen LogP contribution in [0.25, 0.3) is 0 Å². The van der Waals surface area contributed by atoms with Crippen LogP contribution in [-0.2, 0) is 24.3 Å². The molecule has 1 aliphatic heterocycles. The van der Waals surface area contributed by atoms with Crippen molar-refractivity contribution in [3.63, 3.8) is 0 Å². The largest absolute Gasteiger partial charge is 0.449 e. The molecule has 0 saturated carbocycles. The van der Waals surface area contributed by atoms with Crippen molar-refractivity contribution in [1.82, 2.24) is 9.46 Å². The summed E-state index contributed by atoms with van der Waals surface area (Å²) < 4.78 is 43.1. The number of morpholine rings is 1. The minimum atomic E-state index is -3.82. The zero-order valence-electron chi connectivity index (χ0n) is 17.7. The van der Waals surface area contributed by atoms with Crippen LogP contribution in [0.15, 0.2) is 39.8 Å². The lowest BCUT2D eigenvalue weighted by Crippen LogP contribution is -2.48. The molecular weight excluding hydrogens is 426 g/mol. The number of ether oxygens (including phenoxy) is 2. The first-order chi connectivity index (χ1) is 14.6. The predicted octanol–water partition coefficient (Wildman–Crippen LogP) is 1.96. The molecule has 11 heteroatoms. The molecule has 1 N–H and O–H groups in total. The number of anilines is 1. The van der Waals surface area contributed by atoms with Crippen LogP contribution in [0.2, 0.25) is 0 Å². The summed E-state index contributed by atoms with van der Waals surface area (Å²) in [7, 11) is -3.82. The number of carbonyl (C=O) groups excluding carboxylic acids is 2. The van der Waals surface area contributed by atoms with Gasteiger partial charge in [0.1, 0.15) is 0 Å². The first-order valence-electron chi connectivity index (χ1n) is 9.77. The molecule has 0 aliphatic carbocycles. The molecule has 1 aromatic carbocycles. The fraction of sp³-hybridized carbons (Fsp3) is 0.450. The number of rotatable bonds is 6. The number of nitrogens with zero attached hydrogens (tertiary/aromatic N) is 2. The Morgan fingerprint density at radius 2 is 1.90 bits per heavy atom. The maximum Gasteiger partial charge on any atom is 0.338 e. The van der Waals surface area contributed by atoms with Gasteiger partial charge in [-0.25, -0.2) is 13.2 Å². The number of carbonyl (C=O) groups is 2. The highest BCUT2D eigenvalue weighted by Crippen LogP contribution is 2.22. The van der Waals surface area contributed by atoms with Crippen LogP contribution in [0, 0.1) is 6.92 Å². The summed E-state index contributed by atoms with van der Waals surface area (Å²) in [6.45, 7) is 7.14. The number of esters is 1. The van der Waals surface area contributed by atoms with Gasteiger partial charge in [-0.2, -0.15) is 4.31 Å². The first-order valence-corrected chi connectivity index (χ1v) is 11.2. The van der Waals surface area contributed by atoms with Gasteiger partial charge in [-0.15, -0.1) is 0 Å². The third-order valence-corrected chi connectivity index (χ3v) is 6.45. The van der Waals surface area contributed by atoms with Crippen molar-refractivity contribution in [2.24, 2.45) is 0 Å². The lowest BCUT2D eigenvalue weighted by molar-refractivity contribution is -0.123. The van der Waals surface area contributed by atoms with Crippen molar-refractivity contribution in [1.29, 1.82) is 0 Å². The Bertz CT molecular complexity index is 1060. The zero-order chi connectivity index (χ0) is 22.8. The molecule has 2 aromatic rings. The van der Waals surface area contributed by atoms with Crippen LogP contribution in [0.1, 0.15) is 36.8 Å². The van der Waals surface area contributed by atoms with E-state index in [-0.39, 0.29) is 41.6 Å². The highest BCUT2D eigenvalue weighted by atomic mass is 32.2. The Hall–Kier alpha value is -2.76. The fourth-order valence-electron chi connectivity index (χ4n) is 3.19. The number of aryl methyl sites for hydroxylation is 1. The second-order valence-electron chi connectivity index (χ2n) is 7.48. The van der Waals surface area contributed by atoms with Crippen molar-refractivity contribution in [2.45, 2.75) is 50.9 Å². The Morgan fingerprint density at radius 3 is 2.52 bits per heavy atom. The van der Waals surface area contributed by atoms with Crippen LogP contribution in [0.4, 0.5) is 5.88 Å². The van der Waals surface area contributed by atoms with Gasteiger partial charge >= 0.3 is 5.97 Å². The molecule has 10 nitrogen and oxygen atoms in total. The van der Waals surface area contributed by atoms with Gasteiger partial charge in [-0.3, -0.25) is 10.1 Å². The van der Waals surface area contributed by atoms with E-state index in [1.54, 1.807) is 20.8 Å². The van der Waals surface area contributed by atoms with E-state index in [4.69, 9.17) is 14.0 Å². The summed E-state index contributed by atoms with van der Waals surface area (Å²) in [6.07, 6.45) is -1.61. The summed E-state index contributed by atoms with van der Waals surface area (Å²) >= 11 is 0. The second kappa shape index (κ2) is 9.16. The third kappa shape index (κ3) is 5.49. The summed E-state index contributed by atoms with van der Waals surface area (Å²) in [5.74, 6) is -1.30. The van der Waals surface area contributed by atoms with Crippen molar-refractivity contribution in [2.75, 3.05) is 18.4 Å². The Balaban J connectivity index is 1.70. The summed E-state index contributed by atoms with van der Waals surface area (Å²) in [5.41, 5.74) is 0.604. The molecule has 31 heavy (non-hydrogen) atoms. The normalized spacial score (nSPS) is 20.8. The van der Waals surface area contributed by atoms with Gasteiger partial charge in [0, 0.05) is 19.2 Å². The average Bonchev–Trinajstić information content (AvgIpc) is 3.11. The molecule has 1 aliphatic rings. The molecule has 1 fully saturated rings. The van der Waals surface area contributed by atoms with Crippen molar-refractivity contribution < 1.29 is 32.0 Å². The molecule has 1 amide bonds. The van der Waals surface area contributed by atoms with E-state index in [1.165, 1.54) is 41.6 Å². The van der Waals surface area contributed by atoms with Gasteiger partial charge in [0.25, 0.3) is 5.91 Å². The quantitative estimate of drug-likeness (QED) is 0.660. The van der Waals surface area contributed by atoms with Crippen LogP contribution in [0.3, 0.4) is 0 Å². The van der Waals surface area contributed by atoms with Gasteiger partial charge in [-0.05, 0) is 45.9 Å². The van der Waals surface area contributed by atoms with Crippen molar-refractivity contribution in [3.05, 3.63) is 41.6 Å². The second-order valence-corrected chi connectivity index (χ2v) is 9.41. The lowest BCUT2D eigenvalue weighted by Gasteiger charge is -2.34. The van der Waals surface area contributed by atoms with E-state index in [9.17, 15) is 18.0 Å². The molecule has 3 atom stereocenters. The lowest BCUT2D eigenvalue weighted by atomic mass is 10.2. The monoisotopic (exact) mass is 451 g/mol. The molecule has 3 rings (SSSR count). The number of aromatic nitrogens is 1. The molecule has 1 aromatic heterocycles. The Morgan fingerprint density at radius 1 is 1.23 bits per heavy atom. The molecule has 0 radical (unpaired) electrons. The topological polar surface area (TPSA) is 128 Å². The minimum absolute atomic E-state index is 0.0191. The number of nitrogens with one attached hydrogen (secondary N) is 1. The Kier molecular flexibility index (Phi) is 6.77. The van der Waals surface area contributed by atoms with Gasteiger partial charge < -0.3 is 14.0 Å². The zero-order valence-corrected chi connectivity index (χ0v) is 18.5. The van der Waals surface area contributed by atoms with Crippen LogP contribution in [0.5, 0.6) is 0 Å². The minimum Gasteiger partial charge on any atom is -0.449 e. The predicted molar refractivity (Wildman–Crippen MR) is 110 cm³/mol. The average molecular weight is 452 g/mol. The number of amides is 1. The fourth-order valence-corrected chi connectivity index (χ4v) is 4.82. The maximum absolute atomic E-state index is 13.0. The molecule has 0 spiro atoms. The van der Waals surface area contributed by atoms with Gasteiger partial charge in [0.2, 0.25) is 15.9 Å². The molecule has 2 heterocycles. The summed E-state index contributed by atoms with van der Waals surface area (Å²) in [5, 5.41) is 6.10. The summed E-state index contributed by atoms with van der Waals surface area (Å²) in [4.78, 5) is 24.7. The highest BCUT2D eigenvalue weighted by molar-refractivity contribution is 7.89. The van der Waals surface area contributed by atoms with Crippen LogP contribution in [-0.4, -0.2) is 61.2 Å². The van der Waals surface area contributed by atoms with Crippen molar-refractivity contribution >= 4 is 27.8 Å². The van der Waals surface area contributed by atoms with Gasteiger partial charge in [-0.1, -0.05) is 11.2 Å². The number of hydrogen-bond acceptors (Lipinski definition) is 8. The van der Waals surface area contributed by atoms with E-state index in [1.807, 2.05) is 0 Å². The van der Waals surface area contributed by atoms with E-state index in [2.05, 4.69) is 10.5 Å². The van der Waals surface area contributed by atoms with Crippen LogP contribution >= 0.6 is 0 Å². The SMILES string of the molecule is Cc1cc(NC(=O)[C@H](C)OC(=O)c2cccc(S(=O)(=O)N3C[C@H](C)O[C@@H](C)C3)c2)on1. The van der Waals surface area contributed by atoms with Crippen LogP contribution < -0.4 is 5.32 Å². The molecule has 1 saturated heterocycles. The molecule has 0 unspecified atom stereocenters. The maximum atomic E-state index is 13.0. The molecular formula is C20H25N3O7S. The number of benzene rings is 1. The standard InChI is InChI=1S/C20H25N3O7S/c1-12-8-18(30-22-12)21-19(24)15(4)29-20(25)16-6-5-7-17(9-16)31(26,27)23-10-13(2)28-14(3)11-23/h5-9,13-15H,10-11H2,1-4H3,(H,21,24)/t13-,14-,15-/m0/s1. The highest BCUT2D eigenvalue weighted by Gasteiger charge is 2.32. The Labute approximate surface area is 180 Å². The number of sulfonamides is 1. The molecule has 168 valence electrons. The molecule has 0 bridgehead atoms. The van der Waals surface area contributed by atoms with E-state index in [0.29, 0.717) is 5.69 Å². The van der Waals surface area contributed by atoms with E-state index in [0.717, 1.165) is 0 Å². The smallest absolute Gasteiger partial charge is 0.338 e.